The molecule has 6 aromatic rings. The van der Waals surface area contributed by atoms with Gasteiger partial charge in [-0.05, 0) is 85.6 Å². The fourth-order valence-corrected chi connectivity index (χ4v) is 6.18. The minimum absolute atomic E-state index is 0.0871. The van der Waals surface area contributed by atoms with Crippen LogP contribution in [-0.2, 0) is 0 Å². The molecule has 0 aliphatic rings. The minimum atomic E-state index is -0.634. The van der Waals surface area contributed by atoms with E-state index in [1.54, 1.807) is 12.1 Å². The van der Waals surface area contributed by atoms with Crippen molar-refractivity contribution in [3.8, 4) is 68.4 Å². The van der Waals surface area contributed by atoms with Gasteiger partial charge in [-0.25, -0.2) is 8.78 Å². The van der Waals surface area contributed by atoms with E-state index in [4.69, 9.17) is 18.3 Å². The highest BCUT2D eigenvalue weighted by Gasteiger charge is 2.18. The zero-order valence-electron chi connectivity index (χ0n) is 31.2. The van der Waals surface area contributed by atoms with Gasteiger partial charge in [0.1, 0.15) is 23.1 Å². The molecule has 0 spiro atoms. The predicted octanol–water partition coefficient (Wildman–Crippen LogP) is 12.5. The highest BCUT2D eigenvalue weighted by Crippen LogP contribution is 2.33. The van der Waals surface area contributed by atoms with Crippen LogP contribution in [0.5, 0.6) is 11.5 Å². The summed E-state index contributed by atoms with van der Waals surface area (Å²) in [6, 6.07) is 23.6. The molecule has 0 saturated heterocycles. The number of hydrogen-bond donors (Lipinski definition) is 0. The van der Waals surface area contributed by atoms with Crippen molar-refractivity contribution in [2.24, 2.45) is 0 Å². The topological polar surface area (TPSA) is 96.3 Å². The first-order chi connectivity index (χ1) is 26.5. The van der Waals surface area contributed by atoms with Crippen molar-refractivity contribution in [2.75, 3.05) is 13.2 Å². The normalized spacial score (nSPS) is 11.3. The fraction of sp³-hybridized carbons (Fsp3) is 0.364. The van der Waals surface area contributed by atoms with Gasteiger partial charge < -0.3 is 18.3 Å². The van der Waals surface area contributed by atoms with Gasteiger partial charge in [0.05, 0.1) is 13.2 Å². The minimum Gasteiger partial charge on any atom is -0.494 e. The average molecular weight is 735 g/mol. The molecule has 54 heavy (non-hydrogen) atoms. The quantitative estimate of drug-likeness (QED) is 0.0674. The van der Waals surface area contributed by atoms with Crippen LogP contribution in [0.1, 0.15) is 90.9 Å². The Morgan fingerprint density at radius 2 is 0.759 bits per heavy atom. The van der Waals surface area contributed by atoms with E-state index in [1.165, 1.54) is 88.5 Å². The smallest absolute Gasteiger partial charge is 0.248 e. The first-order valence-electron chi connectivity index (χ1n) is 19.3. The van der Waals surface area contributed by atoms with Crippen molar-refractivity contribution in [1.82, 2.24) is 20.4 Å². The standard InChI is InChI=1S/C44H48F2N4O4/c1-3-5-7-9-11-13-27-51-35-21-15-31(16-22-35)41-47-49-43(53-41)33-19-25-37(39(45)29-33)38-26-20-34(30-40(38)46)44-50-48-42(54-44)32-17-23-36(24-18-32)52-28-14-12-10-8-6-4-2/h15-26,29-30H,3-14,27-28H2,1-2H3. The zero-order valence-corrected chi connectivity index (χ0v) is 31.2. The number of nitrogens with zero attached hydrogens (tertiary/aromatic N) is 4. The van der Waals surface area contributed by atoms with E-state index in [9.17, 15) is 0 Å². The number of aromatic nitrogens is 4. The van der Waals surface area contributed by atoms with Gasteiger partial charge in [0.2, 0.25) is 23.6 Å². The lowest BCUT2D eigenvalue weighted by Gasteiger charge is -2.07. The first-order valence-corrected chi connectivity index (χ1v) is 19.3. The van der Waals surface area contributed by atoms with E-state index in [-0.39, 0.29) is 22.9 Å². The molecule has 0 radical (unpaired) electrons. The van der Waals surface area contributed by atoms with Gasteiger partial charge in [-0.3, -0.25) is 0 Å². The maximum atomic E-state index is 15.4. The Balaban J connectivity index is 1.03. The number of benzene rings is 4. The highest BCUT2D eigenvalue weighted by molar-refractivity contribution is 5.71. The molecular formula is C44H48F2N4O4. The van der Waals surface area contributed by atoms with Crippen LogP contribution in [0.2, 0.25) is 0 Å². The van der Waals surface area contributed by atoms with Gasteiger partial charge in [0.25, 0.3) is 0 Å². The van der Waals surface area contributed by atoms with E-state index in [0.717, 1.165) is 35.5 Å². The molecule has 8 nitrogen and oxygen atoms in total. The van der Waals surface area contributed by atoms with Crippen LogP contribution >= 0.6 is 0 Å². The van der Waals surface area contributed by atoms with Gasteiger partial charge in [0.15, 0.2) is 0 Å². The summed E-state index contributed by atoms with van der Waals surface area (Å²) in [5.41, 5.74) is 2.36. The molecular weight excluding hydrogens is 687 g/mol. The number of ether oxygens (including phenoxy) is 2. The summed E-state index contributed by atoms with van der Waals surface area (Å²) in [5.74, 6) is 1.18. The van der Waals surface area contributed by atoms with Crippen LogP contribution in [0, 0.1) is 11.6 Å². The lowest BCUT2D eigenvalue weighted by atomic mass is 10.0. The average Bonchev–Trinajstić information content (AvgIpc) is 3.90. The second-order valence-electron chi connectivity index (χ2n) is 13.5. The molecule has 0 fully saturated rings. The second kappa shape index (κ2) is 19.6. The number of hydrogen-bond acceptors (Lipinski definition) is 8. The largest absolute Gasteiger partial charge is 0.494 e. The van der Waals surface area contributed by atoms with Crippen molar-refractivity contribution in [1.29, 1.82) is 0 Å². The number of unbranched alkanes of at least 4 members (excludes halogenated alkanes) is 10. The van der Waals surface area contributed by atoms with Crippen LogP contribution in [0.15, 0.2) is 93.8 Å². The molecule has 4 aromatic carbocycles. The molecule has 6 rings (SSSR count). The molecule has 0 bridgehead atoms. The maximum Gasteiger partial charge on any atom is 0.248 e. The Morgan fingerprint density at radius 3 is 1.13 bits per heavy atom. The van der Waals surface area contributed by atoms with Gasteiger partial charge in [-0.15, -0.1) is 20.4 Å². The Labute approximate surface area is 316 Å². The molecule has 0 unspecified atom stereocenters. The van der Waals surface area contributed by atoms with Crippen LogP contribution in [-0.4, -0.2) is 33.6 Å². The second-order valence-corrected chi connectivity index (χ2v) is 13.5. The summed E-state index contributed by atoms with van der Waals surface area (Å²) >= 11 is 0. The third-order valence-corrected chi connectivity index (χ3v) is 9.31. The first kappa shape index (κ1) is 38.3. The summed E-state index contributed by atoms with van der Waals surface area (Å²) in [4.78, 5) is 0. The predicted molar refractivity (Wildman–Crippen MR) is 207 cm³/mol. The molecule has 2 aromatic heterocycles. The molecule has 10 heteroatoms. The third-order valence-electron chi connectivity index (χ3n) is 9.31. The summed E-state index contributed by atoms with van der Waals surface area (Å²) in [7, 11) is 0. The van der Waals surface area contributed by atoms with E-state index in [1.807, 2.05) is 48.5 Å². The Morgan fingerprint density at radius 1 is 0.426 bits per heavy atom. The Kier molecular flexibility index (Phi) is 13.9. The van der Waals surface area contributed by atoms with E-state index >= 15 is 8.78 Å². The number of rotatable bonds is 21. The van der Waals surface area contributed by atoms with Gasteiger partial charge in [-0.1, -0.05) is 90.2 Å². The van der Waals surface area contributed by atoms with Crippen molar-refractivity contribution >= 4 is 0 Å². The molecule has 0 saturated carbocycles. The molecule has 0 atom stereocenters. The van der Waals surface area contributed by atoms with Crippen molar-refractivity contribution < 1.29 is 27.1 Å². The van der Waals surface area contributed by atoms with E-state index < -0.39 is 11.6 Å². The molecule has 0 aliphatic carbocycles. The third kappa shape index (κ3) is 10.4. The maximum absolute atomic E-state index is 15.4. The summed E-state index contributed by atoms with van der Waals surface area (Å²) in [5, 5.41) is 16.5. The van der Waals surface area contributed by atoms with Gasteiger partial charge >= 0.3 is 0 Å². The van der Waals surface area contributed by atoms with Crippen LogP contribution in [0.3, 0.4) is 0 Å². The monoisotopic (exact) mass is 734 g/mol. The molecule has 2 heterocycles. The van der Waals surface area contributed by atoms with Crippen molar-refractivity contribution in [3.05, 3.63) is 96.6 Å². The number of halogens is 2. The van der Waals surface area contributed by atoms with Crippen LogP contribution in [0.4, 0.5) is 8.78 Å². The van der Waals surface area contributed by atoms with E-state index in [2.05, 4.69) is 34.2 Å². The summed E-state index contributed by atoms with van der Waals surface area (Å²) in [6.45, 7) is 5.79. The van der Waals surface area contributed by atoms with Gasteiger partial charge in [0, 0.05) is 33.4 Å². The molecule has 282 valence electrons. The highest BCUT2D eigenvalue weighted by atomic mass is 19.1. The Hall–Kier alpha value is -5.38. The van der Waals surface area contributed by atoms with Crippen LogP contribution < -0.4 is 9.47 Å². The van der Waals surface area contributed by atoms with Gasteiger partial charge in [-0.2, -0.15) is 0 Å². The molecule has 0 N–H and O–H groups in total. The lowest BCUT2D eigenvalue weighted by molar-refractivity contribution is 0.304. The van der Waals surface area contributed by atoms with Crippen molar-refractivity contribution in [3.63, 3.8) is 0 Å². The lowest BCUT2D eigenvalue weighted by Crippen LogP contribution is -1.97. The fourth-order valence-electron chi connectivity index (χ4n) is 6.18. The summed E-state index contributed by atoms with van der Waals surface area (Å²) in [6.07, 6.45) is 14.5. The zero-order chi connectivity index (χ0) is 37.5. The van der Waals surface area contributed by atoms with Crippen molar-refractivity contribution in [2.45, 2.75) is 90.9 Å². The summed E-state index contributed by atoms with van der Waals surface area (Å²) < 4.78 is 54.4. The van der Waals surface area contributed by atoms with Crippen LogP contribution in [0.25, 0.3) is 56.9 Å². The molecule has 0 amide bonds. The Bertz CT molecular complexity index is 1900. The SMILES string of the molecule is CCCCCCCCOc1ccc(-c2nnc(-c3ccc(-c4ccc(-c5nnc(-c6ccc(OCCCCCCCC)cc6)o5)cc4F)c(F)c3)o2)cc1. The van der Waals surface area contributed by atoms with E-state index in [0.29, 0.717) is 36.1 Å². The molecule has 0 aliphatic heterocycles.